The standard InChI is InChI=1S/C62H106/c1-5-9-13-17-21-25-27-31-35-39-45-57(43-37-33-29-23-19-15-11-7-3)53-61-49-41-47-59(55-61)51-52-60-48-42-50-62(56-60)54-58(44-38-34-30-24-20-16-12-8-4)46-40-36-32-28-26-22-18-14-10-6-2/h41-42,47-50,55-58H,5-40,43-46,53-54H2,1-4H3. The molecule has 2 aromatic carbocycles. The summed E-state index contributed by atoms with van der Waals surface area (Å²) in [5.74, 6) is 8.84. The quantitative estimate of drug-likeness (QED) is 0.0460. The van der Waals surface area contributed by atoms with E-state index in [4.69, 9.17) is 0 Å². The Labute approximate surface area is 390 Å². The van der Waals surface area contributed by atoms with Crippen LogP contribution in [0.1, 0.15) is 307 Å². The first-order chi connectivity index (χ1) is 30.7. The maximum atomic E-state index is 3.61. The average molecular weight is 852 g/mol. The van der Waals surface area contributed by atoms with E-state index >= 15 is 0 Å². The molecule has 0 bridgehead atoms. The zero-order valence-electron chi connectivity index (χ0n) is 42.5. The lowest BCUT2D eigenvalue weighted by atomic mass is 9.88. The second-order valence-electron chi connectivity index (χ2n) is 20.3. The van der Waals surface area contributed by atoms with Gasteiger partial charge in [0.1, 0.15) is 0 Å². The van der Waals surface area contributed by atoms with Crippen LogP contribution in [0.3, 0.4) is 0 Å². The summed E-state index contributed by atoms with van der Waals surface area (Å²) in [5, 5.41) is 0. The van der Waals surface area contributed by atoms with Gasteiger partial charge >= 0.3 is 0 Å². The largest absolute Gasteiger partial charge is 0.0654 e. The van der Waals surface area contributed by atoms with Crippen molar-refractivity contribution in [3.05, 3.63) is 70.8 Å². The molecule has 0 aromatic heterocycles. The molecule has 354 valence electrons. The van der Waals surface area contributed by atoms with Crippen LogP contribution in [-0.2, 0) is 12.8 Å². The molecule has 2 atom stereocenters. The van der Waals surface area contributed by atoms with Crippen molar-refractivity contribution in [1.29, 1.82) is 0 Å². The van der Waals surface area contributed by atoms with Gasteiger partial charge in [-0.3, -0.25) is 0 Å². The van der Waals surface area contributed by atoms with Gasteiger partial charge in [-0.1, -0.05) is 321 Å². The van der Waals surface area contributed by atoms with E-state index < -0.39 is 0 Å². The van der Waals surface area contributed by atoms with Gasteiger partial charge in [-0.2, -0.15) is 0 Å². The Bertz CT molecular complexity index is 1190. The fourth-order valence-corrected chi connectivity index (χ4v) is 10.0. The van der Waals surface area contributed by atoms with Crippen molar-refractivity contribution in [2.75, 3.05) is 0 Å². The summed E-state index contributed by atoms with van der Waals surface area (Å²) in [4.78, 5) is 0. The van der Waals surface area contributed by atoms with Crippen molar-refractivity contribution in [2.45, 2.75) is 297 Å². The smallest absolute Gasteiger partial charge is 0.0251 e. The molecule has 0 radical (unpaired) electrons. The lowest BCUT2D eigenvalue weighted by molar-refractivity contribution is 0.400. The molecular weight excluding hydrogens is 745 g/mol. The minimum absolute atomic E-state index is 0.808. The van der Waals surface area contributed by atoms with Crippen molar-refractivity contribution in [3.8, 4) is 11.8 Å². The molecule has 2 aromatic rings. The third-order valence-corrected chi connectivity index (χ3v) is 14.1. The Morgan fingerprint density at radius 3 is 0.758 bits per heavy atom. The van der Waals surface area contributed by atoms with Gasteiger partial charge in [0.15, 0.2) is 0 Å². The van der Waals surface area contributed by atoms with Crippen molar-refractivity contribution in [2.24, 2.45) is 11.8 Å². The van der Waals surface area contributed by atoms with Gasteiger partial charge in [0.2, 0.25) is 0 Å². The number of hydrogen-bond donors (Lipinski definition) is 0. The Balaban J connectivity index is 1.95. The molecule has 0 nitrogen and oxygen atoms in total. The van der Waals surface area contributed by atoms with Crippen molar-refractivity contribution in [1.82, 2.24) is 0 Å². The number of unbranched alkanes of at least 4 members (excludes halogenated alkanes) is 32. The number of rotatable bonds is 44. The zero-order valence-corrected chi connectivity index (χ0v) is 42.5. The predicted molar refractivity (Wildman–Crippen MR) is 281 cm³/mol. The van der Waals surface area contributed by atoms with Gasteiger partial charge in [0, 0.05) is 11.1 Å². The van der Waals surface area contributed by atoms with E-state index in [9.17, 15) is 0 Å². The van der Waals surface area contributed by atoms with E-state index in [-0.39, 0.29) is 0 Å². The van der Waals surface area contributed by atoms with Crippen molar-refractivity contribution >= 4 is 0 Å². The monoisotopic (exact) mass is 851 g/mol. The molecule has 0 spiro atoms. The second-order valence-corrected chi connectivity index (χ2v) is 20.3. The van der Waals surface area contributed by atoms with E-state index in [1.54, 1.807) is 0 Å². The Kier molecular flexibility index (Phi) is 38.9. The van der Waals surface area contributed by atoms with Crippen LogP contribution < -0.4 is 0 Å². The highest BCUT2D eigenvalue weighted by molar-refractivity contribution is 5.45. The summed E-state index contributed by atoms with van der Waals surface area (Å²) in [6, 6.07) is 18.6. The van der Waals surface area contributed by atoms with Crippen LogP contribution in [0.2, 0.25) is 0 Å². The molecule has 0 fully saturated rings. The summed E-state index contributed by atoms with van der Waals surface area (Å²) in [5.41, 5.74) is 5.37. The zero-order chi connectivity index (χ0) is 44.2. The second kappa shape index (κ2) is 42.9. The van der Waals surface area contributed by atoms with Crippen LogP contribution in [0.15, 0.2) is 48.5 Å². The molecule has 2 rings (SSSR count). The lowest BCUT2D eigenvalue weighted by Crippen LogP contribution is -2.06. The van der Waals surface area contributed by atoms with Gasteiger partial charge in [-0.05, 0) is 60.1 Å². The maximum Gasteiger partial charge on any atom is 0.0251 e. The molecular formula is C62H106. The molecule has 0 heterocycles. The van der Waals surface area contributed by atoms with Gasteiger partial charge in [-0.25, -0.2) is 0 Å². The summed E-state index contributed by atoms with van der Waals surface area (Å²) in [6.07, 6.45) is 59.2. The number of benzene rings is 2. The minimum atomic E-state index is 0.808. The molecule has 0 saturated carbocycles. The summed E-state index contributed by atoms with van der Waals surface area (Å²) in [7, 11) is 0. The molecule has 62 heavy (non-hydrogen) atoms. The average Bonchev–Trinajstić information content (AvgIpc) is 3.28. The molecule has 0 N–H and O–H groups in total. The first-order valence-corrected chi connectivity index (χ1v) is 28.4. The normalized spacial score (nSPS) is 12.4. The van der Waals surface area contributed by atoms with Gasteiger partial charge in [0.25, 0.3) is 0 Å². The fraction of sp³-hybridized carbons (Fsp3) is 0.774. The molecule has 0 aliphatic heterocycles. The van der Waals surface area contributed by atoms with Crippen molar-refractivity contribution in [3.63, 3.8) is 0 Å². The Hall–Kier alpha value is -2.00. The Morgan fingerprint density at radius 2 is 0.516 bits per heavy atom. The minimum Gasteiger partial charge on any atom is -0.0654 e. The molecule has 0 saturated heterocycles. The van der Waals surface area contributed by atoms with E-state index in [0.29, 0.717) is 0 Å². The Morgan fingerprint density at radius 1 is 0.290 bits per heavy atom. The van der Waals surface area contributed by atoms with Crippen LogP contribution in [0, 0.1) is 23.7 Å². The summed E-state index contributed by atoms with van der Waals surface area (Å²) in [6.45, 7) is 9.28. The summed E-state index contributed by atoms with van der Waals surface area (Å²) >= 11 is 0. The summed E-state index contributed by atoms with van der Waals surface area (Å²) < 4.78 is 0. The first kappa shape index (κ1) is 56.1. The topological polar surface area (TPSA) is 0 Å². The lowest BCUT2D eigenvalue weighted by Gasteiger charge is -2.18. The van der Waals surface area contributed by atoms with Crippen LogP contribution in [0.25, 0.3) is 0 Å². The SMILES string of the molecule is CCCCCCCCCCCCC(CCCCCCCCCC)Cc1cccc(C#Cc2cccc(CC(CCCCCCCCCC)CCCCCCCCCCCC)c2)c1. The highest BCUT2D eigenvalue weighted by Gasteiger charge is 2.12. The van der Waals surface area contributed by atoms with Gasteiger partial charge < -0.3 is 0 Å². The predicted octanol–water partition coefficient (Wildman–Crippen LogP) is 21.1. The van der Waals surface area contributed by atoms with E-state index in [1.165, 1.54) is 292 Å². The van der Waals surface area contributed by atoms with Crippen LogP contribution in [-0.4, -0.2) is 0 Å². The first-order valence-electron chi connectivity index (χ1n) is 28.4. The van der Waals surface area contributed by atoms with Crippen LogP contribution in [0.5, 0.6) is 0 Å². The molecule has 0 aliphatic carbocycles. The van der Waals surface area contributed by atoms with Gasteiger partial charge in [-0.15, -0.1) is 0 Å². The van der Waals surface area contributed by atoms with Crippen LogP contribution in [0.4, 0.5) is 0 Å². The number of hydrogen-bond acceptors (Lipinski definition) is 0. The third-order valence-electron chi connectivity index (χ3n) is 14.1. The van der Waals surface area contributed by atoms with Gasteiger partial charge in [0.05, 0.1) is 0 Å². The highest BCUT2D eigenvalue weighted by atomic mass is 14.2. The van der Waals surface area contributed by atoms with Crippen LogP contribution >= 0.6 is 0 Å². The molecule has 0 aliphatic rings. The third kappa shape index (κ3) is 33.5. The van der Waals surface area contributed by atoms with Crippen molar-refractivity contribution < 1.29 is 0 Å². The molecule has 2 unspecified atom stereocenters. The van der Waals surface area contributed by atoms with E-state index in [1.807, 2.05) is 0 Å². The molecule has 0 heteroatoms. The molecule has 0 amide bonds. The van der Waals surface area contributed by atoms with E-state index in [2.05, 4.69) is 88.1 Å². The maximum absolute atomic E-state index is 3.61. The highest BCUT2D eigenvalue weighted by Crippen LogP contribution is 2.26. The fourth-order valence-electron chi connectivity index (χ4n) is 10.0. The van der Waals surface area contributed by atoms with E-state index in [0.717, 1.165) is 11.8 Å².